The summed E-state index contributed by atoms with van der Waals surface area (Å²) in [5.74, 6) is 0.336. The summed E-state index contributed by atoms with van der Waals surface area (Å²) in [5.41, 5.74) is 2.26. The van der Waals surface area contributed by atoms with E-state index in [9.17, 15) is 9.59 Å². The van der Waals surface area contributed by atoms with E-state index in [1.807, 2.05) is 41.3 Å². The molecule has 31 heavy (non-hydrogen) atoms. The molecule has 8 heteroatoms. The fourth-order valence-electron chi connectivity index (χ4n) is 3.93. The van der Waals surface area contributed by atoms with Crippen LogP contribution in [0.1, 0.15) is 22.6 Å². The number of carbonyl (C=O) groups excluding carboxylic acids is 1. The molecule has 7 nitrogen and oxygen atoms in total. The maximum absolute atomic E-state index is 12.9. The van der Waals surface area contributed by atoms with Gasteiger partial charge < -0.3 is 4.90 Å². The van der Waals surface area contributed by atoms with Crippen LogP contribution in [-0.2, 0) is 6.54 Å². The molecule has 1 amide bonds. The molecule has 0 unspecified atom stereocenters. The van der Waals surface area contributed by atoms with E-state index >= 15 is 0 Å². The van der Waals surface area contributed by atoms with E-state index in [1.54, 1.807) is 29.4 Å². The molecule has 0 aliphatic carbocycles. The van der Waals surface area contributed by atoms with Crippen LogP contribution in [0.5, 0.6) is 0 Å². The third-order valence-electron chi connectivity index (χ3n) is 5.67. The molecule has 4 aromatic rings. The van der Waals surface area contributed by atoms with Crippen LogP contribution in [0.2, 0.25) is 0 Å². The fraction of sp³-hybridized carbons (Fsp3) is 0.261. The molecule has 0 radical (unpaired) electrons. The van der Waals surface area contributed by atoms with Gasteiger partial charge in [-0.25, -0.2) is 9.97 Å². The summed E-state index contributed by atoms with van der Waals surface area (Å²) in [7, 11) is 0. The summed E-state index contributed by atoms with van der Waals surface area (Å²) in [4.78, 5) is 40.3. The molecule has 1 aromatic carbocycles. The number of para-hydroxylation sites is 1. The van der Waals surface area contributed by atoms with Crippen LogP contribution in [0, 0.1) is 5.92 Å². The molecule has 1 aliphatic heterocycles. The Hall–Kier alpha value is -3.39. The zero-order valence-electron chi connectivity index (χ0n) is 16.8. The van der Waals surface area contributed by atoms with E-state index < -0.39 is 0 Å². The van der Waals surface area contributed by atoms with Gasteiger partial charge in [0.15, 0.2) is 5.01 Å². The Morgan fingerprint density at radius 3 is 2.71 bits per heavy atom. The molecule has 3 aromatic heterocycles. The molecular weight excluding hydrogens is 410 g/mol. The van der Waals surface area contributed by atoms with Gasteiger partial charge in [-0.05, 0) is 43.0 Å². The molecule has 1 saturated heterocycles. The van der Waals surface area contributed by atoms with Crippen LogP contribution < -0.4 is 5.56 Å². The number of rotatable bonds is 4. The van der Waals surface area contributed by atoms with E-state index in [-0.39, 0.29) is 11.5 Å². The van der Waals surface area contributed by atoms with Crippen LogP contribution in [0.3, 0.4) is 0 Å². The Kier molecular flexibility index (Phi) is 5.30. The minimum Gasteiger partial charge on any atom is -0.337 e. The molecule has 1 fully saturated rings. The number of fused-ring (bicyclic) bond motifs is 1. The van der Waals surface area contributed by atoms with Gasteiger partial charge in [0.2, 0.25) is 0 Å². The van der Waals surface area contributed by atoms with Crippen molar-refractivity contribution in [1.82, 2.24) is 24.4 Å². The first-order valence-corrected chi connectivity index (χ1v) is 11.1. The second kappa shape index (κ2) is 8.39. The highest BCUT2D eigenvalue weighted by molar-refractivity contribution is 7.20. The van der Waals surface area contributed by atoms with Gasteiger partial charge >= 0.3 is 0 Å². The Bertz CT molecular complexity index is 1240. The van der Waals surface area contributed by atoms with Crippen molar-refractivity contribution in [1.29, 1.82) is 0 Å². The van der Waals surface area contributed by atoms with Gasteiger partial charge in [0.25, 0.3) is 11.5 Å². The number of likely N-dealkylation sites (tertiary alicyclic amines) is 1. The van der Waals surface area contributed by atoms with Gasteiger partial charge in [0.05, 0.1) is 22.2 Å². The molecular formula is C23H21N5O2S. The number of thiazole rings is 1. The quantitative estimate of drug-likeness (QED) is 0.494. The summed E-state index contributed by atoms with van der Waals surface area (Å²) in [6.07, 6.45) is 6.72. The predicted molar refractivity (Wildman–Crippen MR) is 120 cm³/mol. The number of nitrogens with zero attached hydrogens (tertiary/aromatic N) is 5. The van der Waals surface area contributed by atoms with Gasteiger partial charge in [-0.2, -0.15) is 0 Å². The summed E-state index contributed by atoms with van der Waals surface area (Å²) < 4.78 is 2.69. The molecule has 0 saturated carbocycles. The van der Waals surface area contributed by atoms with E-state index in [4.69, 9.17) is 0 Å². The van der Waals surface area contributed by atoms with E-state index in [2.05, 4.69) is 15.0 Å². The van der Waals surface area contributed by atoms with E-state index in [0.29, 0.717) is 36.3 Å². The highest BCUT2D eigenvalue weighted by Crippen LogP contribution is 2.25. The zero-order valence-corrected chi connectivity index (χ0v) is 17.7. The van der Waals surface area contributed by atoms with Gasteiger partial charge in [0.1, 0.15) is 0 Å². The van der Waals surface area contributed by atoms with Gasteiger partial charge in [0, 0.05) is 43.7 Å². The number of aromatic nitrogens is 4. The Morgan fingerprint density at radius 1 is 1.13 bits per heavy atom. The van der Waals surface area contributed by atoms with Crippen molar-refractivity contribution in [3.8, 4) is 11.3 Å². The number of piperidine rings is 1. The van der Waals surface area contributed by atoms with Crippen LogP contribution in [0.4, 0.5) is 0 Å². The Balaban J connectivity index is 1.22. The lowest BCUT2D eigenvalue weighted by Crippen LogP contribution is -2.40. The molecule has 1 aliphatic rings. The predicted octanol–water partition coefficient (Wildman–Crippen LogP) is 3.47. The lowest BCUT2D eigenvalue weighted by atomic mass is 9.96. The van der Waals surface area contributed by atoms with E-state index in [1.165, 1.54) is 11.3 Å². The number of pyridine rings is 1. The first-order chi connectivity index (χ1) is 15.2. The maximum atomic E-state index is 12.9. The van der Waals surface area contributed by atoms with Gasteiger partial charge in [-0.1, -0.05) is 12.1 Å². The molecule has 0 atom stereocenters. The number of hydrogen-bond donors (Lipinski definition) is 0. The first kappa shape index (κ1) is 19.6. The summed E-state index contributed by atoms with van der Waals surface area (Å²) in [6, 6.07) is 13.1. The summed E-state index contributed by atoms with van der Waals surface area (Å²) in [5, 5.41) is 0.547. The molecule has 0 bridgehead atoms. The van der Waals surface area contributed by atoms with Crippen LogP contribution in [0.15, 0.2) is 66.0 Å². The molecule has 5 rings (SSSR count). The van der Waals surface area contributed by atoms with Crippen LogP contribution in [-0.4, -0.2) is 43.4 Å². The number of hydrogen-bond acceptors (Lipinski definition) is 6. The minimum atomic E-state index is -0.0677. The van der Waals surface area contributed by atoms with Crippen molar-refractivity contribution >= 4 is 27.5 Å². The molecule has 0 N–H and O–H groups in total. The van der Waals surface area contributed by atoms with E-state index in [0.717, 1.165) is 28.6 Å². The van der Waals surface area contributed by atoms with Crippen molar-refractivity contribution in [3.63, 3.8) is 0 Å². The lowest BCUT2D eigenvalue weighted by Gasteiger charge is -2.31. The smallest absolute Gasteiger partial charge is 0.282 e. The van der Waals surface area contributed by atoms with Gasteiger partial charge in [-0.3, -0.25) is 19.1 Å². The van der Waals surface area contributed by atoms with Crippen molar-refractivity contribution in [2.24, 2.45) is 5.92 Å². The average molecular weight is 432 g/mol. The highest BCUT2D eigenvalue weighted by Gasteiger charge is 2.26. The summed E-state index contributed by atoms with van der Waals surface area (Å²) in [6.45, 7) is 1.97. The fourth-order valence-corrected chi connectivity index (χ4v) is 4.86. The number of carbonyl (C=O) groups is 1. The maximum Gasteiger partial charge on any atom is 0.282 e. The van der Waals surface area contributed by atoms with Crippen LogP contribution >= 0.6 is 11.3 Å². The van der Waals surface area contributed by atoms with Crippen molar-refractivity contribution in [3.05, 3.63) is 76.5 Å². The minimum absolute atomic E-state index is 0.000642. The second-order valence-corrected chi connectivity index (χ2v) is 8.76. The zero-order chi connectivity index (χ0) is 21.2. The van der Waals surface area contributed by atoms with Crippen molar-refractivity contribution in [2.45, 2.75) is 19.4 Å². The lowest BCUT2D eigenvalue weighted by molar-refractivity contribution is 0.0682. The monoisotopic (exact) mass is 431 g/mol. The highest BCUT2D eigenvalue weighted by atomic mass is 32.1. The normalized spacial score (nSPS) is 14.8. The summed E-state index contributed by atoms with van der Waals surface area (Å²) >= 11 is 1.44. The Labute approximate surface area is 183 Å². The first-order valence-electron chi connectivity index (χ1n) is 10.3. The standard InChI is InChI=1S/C23H21N5O2S/c29-21-12-19(17-4-3-9-24-13-17)25-15-28(21)14-16-7-10-27(11-8-16)23(30)22-26-18-5-1-2-6-20(18)31-22/h1-6,9,12-13,15-16H,7-8,10-11,14H2. The largest absolute Gasteiger partial charge is 0.337 e. The molecule has 156 valence electrons. The number of benzene rings is 1. The van der Waals surface area contributed by atoms with Crippen LogP contribution in [0.25, 0.3) is 21.5 Å². The number of amides is 1. The third-order valence-corrected chi connectivity index (χ3v) is 6.69. The Morgan fingerprint density at radius 2 is 1.97 bits per heavy atom. The third kappa shape index (κ3) is 4.11. The average Bonchev–Trinajstić information content (AvgIpc) is 3.25. The molecule has 4 heterocycles. The van der Waals surface area contributed by atoms with Gasteiger partial charge in [-0.15, -0.1) is 11.3 Å². The SMILES string of the molecule is O=C(c1nc2ccccc2s1)N1CCC(Cn2cnc(-c3cccnc3)cc2=O)CC1. The molecule has 0 spiro atoms. The van der Waals surface area contributed by atoms with Crippen molar-refractivity contribution in [2.75, 3.05) is 13.1 Å². The van der Waals surface area contributed by atoms with Crippen molar-refractivity contribution < 1.29 is 4.79 Å². The topological polar surface area (TPSA) is 81.0 Å². The second-order valence-electron chi connectivity index (χ2n) is 7.73.